The van der Waals surface area contributed by atoms with Crippen LogP contribution in [0.4, 0.5) is 13.2 Å². The van der Waals surface area contributed by atoms with Gasteiger partial charge in [-0.3, -0.25) is 4.79 Å². The Labute approximate surface area is 141 Å². The third kappa shape index (κ3) is 4.41. The van der Waals surface area contributed by atoms with E-state index in [1.54, 1.807) is 0 Å². The van der Waals surface area contributed by atoms with E-state index >= 15 is 0 Å². The van der Waals surface area contributed by atoms with Crippen LogP contribution in [-0.2, 0) is 20.5 Å². The minimum atomic E-state index is -4.63. The van der Waals surface area contributed by atoms with Crippen LogP contribution >= 0.6 is 0 Å². The molecule has 1 atom stereocenters. The molecule has 2 rings (SSSR count). The van der Waals surface area contributed by atoms with E-state index in [0.717, 1.165) is 12.1 Å². The first-order valence-corrected chi connectivity index (χ1v) is 7.62. The lowest BCUT2D eigenvalue weighted by atomic mass is 9.90. The van der Waals surface area contributed by atoms with Crippen LogP contribution in [0, 0.1) is 0 Å². The van der Waals surface area contributed by atoms with Gasteiger partial charge in [-0.2, -0.15) is 13.2 Å². The minimum absolute atomic E-state index is 0.0694. The summed E-state index contributed by atoms with van der Waals surface area (Å²) in [6, 6.07) is 4.51. The Bertz CT molecular complexity index is 641. The molecule has 1 aliphatic heterocycles. The van der Waals surface area contributed by atoms with Crippen LogP contribution in [0.1, 0.15) is 25.3 Å². The first-order chi connectivity index (χ1) is 11.7. The molecule has 0 spiro atoms. The molecule has 138 valence electrons. The number of nitrogens with one attached hydrogen (secondary N) is 1. The number of aliphatic carboxylic acids is 1. The fourth-order valence-electron chi connectivity index (χ4n) is 2.50. The number of carbonyl (C=O) groups is 2. The Morgan fingerprint density at radius 2 is 1.88 bits per heavy atom. The number of carbonyl (C=O) groups excluding carboxylic acids is 1. The molecule has 25 heavy (non-hydrogen) atoms. The molecule has 1 fully saturated rings. The van der Waals surface area contributed by atoms with Crippen LogP contribution in [0.5, 0.6) is 5.75 Å². The molecule has 0 bridgehead atoms. The summed E-state index contributed by atoms with van der Waals surface area (Å²) in [6.07, 6.45) is -5.79. The van der Waals surface area contributed by atoms with Gasteiger partial charge in [0.05, 0.1) is 5.56 Å². The monoisotopic (exact) mass is 361 g/mol. The highest BCUT2D eigenvalue weighted by atomic mass is 19.4. The maximum atomic E-state index is 13.0. The number of rotatable bonds is 5. The molecular weight excluding hydrogens is 343 g/mol. The number of hydrogen-bond acceptors (Lipinski definition) is 4. The van der Waals surface area contributed by atoms with E-state index in [9.17, 15) is 27.9 Å². The standard InChI is InChI=1S/C16H18F3NO5/c1-10(25-12-5-3-2-4-11(12)16(17,18)19)13(21)20-15(14(22)23)6-8-24-9-7-15/h2-5,10H,6-9H2,1H3,(H,20,21)(H,22,23). The molecule has 0 aromatic heterocycles. The Balaban J connectivity index is 2.12. The van der Waals surface area contributed by atoms with Crippen molar-refractivity contribution >= 4 is 11.9 Å². The quantitative estimate of drug-likeness (QED) is 0.840. The van der Waals surface area contributed by atoms with E-state index in [0.29, 0.717) is 0 Å². The Morgan fingerprint density at radius 1 is 1.28 bits per heavy atom. The van der Waals surface area contributed by atoms with Crippen molar-refractivity contribution < 1.29 is 37.3 Å². The van der Waals surface area contributed by atoms with Crippen LogP contribution in [0.2, 0.25) is 0 Å². The van der Waals surface area contributed by atoms with Gasteiger partial charge < -0.3 is 19.9 Å². The molecule has 1 aliphatic rings. The number of carboxylic acids is 1. The van der Waals surface area contributed by atoms with Crippen molar-refractivity contribution in [1.82, 2.24) is 5.32 Å². The molecular formula is C16H18F3NO5. The molecule has 9 heteroatoms. The second-order valence-electron chi connectivity index (χ2n) is 5.74. The van der Waals surface area contributed by atoms with Gasteiger partial charge in [0, 0.05) is 26.1 Å². The van der Waals surface area contributed by atoms with Crippen LogP contribution in [0.3, 0.4) is 0 Å². The van der Waals surface area contributed by atoms with E-state index in [1.165, 1.54) is 19.1 Å². The molecule has 1 amide bonds. The predicted molar refractivity (Wildman–Crippen MR) is 80.1 cm³/mol. The lowest BCUT2D eigenvalue weighted by Crippen LogP contribution is -2.59. The summed E-state index contributed by atoms with van der Waals surface area (Å²) < 4.78 is 49.1. The number of para-hydroxylation sites is 1. The Kier molecular flexibility index (Phi) is 5.56. The zero-order chi connectivity index (χ0) is 18.7. The largest absolute Gasteiger partial charge is 0.480 e. The van der Waals surface area contributed by atoms with Crippen LogP contribution in [0.15, 0.2) is 24.3 Å². The fraction of sp³-hybridized carbons (Fsp3) is 0.500. The van der Waals surface area contributed by atoms with Gasteiger partial charge in [0.25, 0.3) is 5.91 Å². The van der Waals surface area contributed by atoms with E-state index in [1.807, 2.05) is 0 Å². The second-order valence-corrected chi connectivity index (χ2v) is 5.74. The summed E-state index contributed by atoms with van der Waals surface area (Å²) in [5.41, 5.74) is -2.51. The molecule has 1 unspecified atom stereocenters. The first kappa shape index (κ1) is 19.0. The van der Waals surface area contributed by atoms with Gasteiger partial charge >= 0.3 is 12.1 Å². The van der Waals surface area contributed by atoms with E-state index < -0.39 is 41.0 Å². The highest BCUT2D eigenvalue weighted by molar-refractivity contribution is 5.89. The number of halogens is 3. The van der Waals surface area contributed by atoms with Crippen molar-refractivity contribution in [2.24, 2.45) is 0 Å². The Morgan fingerprint density at radius 3 is 2.44 bits per heavy atom. The highest BCUT2D eigenvalue weighted by Crippen LogP contribution is 2.36. The average molecular weight is 361 g/mol. The van der Waals surface area contributed by atoms with Crippen molar-refractivity contribution in [3.63, 3.8) is 0 Å². The van der Waals surface area contributed by atoms with Gasteiger partial charge in [0.15, 0.2) is 6.10 Å². The van der Waals surface area contributed by atoms with E-state index in [-0.39, 0.29) is 26.1 Å². The third-order valence-corrected chi connectivity index (χ3v) is 3.98. The normalized spacial score (nSPS) is 18.2. The van der Waals surface area contributed by atoms with E-state index in [4.69, 9.17) is 9.47 Å². The maximum absolute atomic E-state index is 13.0. The van der Waals surface area contributed by atoms with E-state index in [2.05, 4.69) is 5.32 Å². The summed E-state index contributed by atoms with van der Waals surface area (Å²) >= 11 is 0. The summed E-state index contributed by atoms with van der Waals surface area (Å²) in [5, 5.41) is 11.8. The van der Waals surface area contributed by atoms with Gasteiger partial charge in [-0.25, -0.2) is 4.79 Å². The number of benzene rings is 1. The summed E-state index contributed by atoms with van der Waals surface area (Å²) in [6.45, 7) is 1.59. The van der Waals surface area contributed by atoms with Crippen LogP contribution in [0.25, 0.3) is 0 Å². The van der Waals surface area contributed by atoms with Crippen molar-refractivity contribution in [2.75, 3.05) is 13.2 Å². The number of carboxylic acid groups (broad SMARTS) is 1. The lowest BCUT2D eigenvalue weighted by molar-refractivity contribution is -0.153. The number of amides is 1. The second kappa shape index (κ2) is 7.30. The molecule has 1 heterocycles. The topological polar surface area (TPSA) is 84.9 Å². The molecule has 1 saturated heterocycles. The Hall–Kier alpha value is -2.29. The number of alkyl halides is 3. The number of hydrogen-bond donors (Lipinski definition) is 2. The molecule has 2 N–H and O–H groups in total. The molecule has 1 aromatic carbocycles. The third-order valence-electron chi connectivity index (χ3n) is 3.98. The molecule has 6 nitrogen and oxygen atoms in total. The maximum Gasteiger partial charge on any atom is 0.419 e. The number of ether oxygens (including phenoxy) is 2. The molecule has 1 aromatic rings. The molecule has 0 radical (unpaired) electrons. The van der Waals surface area contributed by atoms with Crippen molar-refractivity contribution in [1.29, 1.82) is 0 Å². The first-order valence-electron chi connectivity index (χ1n) is 7.62. The van der Waals surface area contributed by atoms with Gasteiger partial charge in [-0.1, -0.05) is 12.1 Å². The predicted octanol–water partition coefficient (Wildman–Crippen LogP) is 2.22. The summed E-state index contributed by atoms with van der Waals surface area (Å²) in [5.74, 6) is -2.51. The SMILES string of the molecule is CC(Oc1ccccc1C(F)(F)F)C(=O)NC1(C(=O)O)CCOCC1. The average Bonchev–Trinajstić information content (AvgIpc) is 2.55. The lowest BCUT2D eigenvalue weighted by Gasteiger charge is -2.34. The summed E-state index contributed by atoms with van der Waals surface area (Å²) in [7, 11) is 0. The fourth-order valence-corrected chi connectivity index (χ4v) is 2.50. The minimum Gasteiger partial charge on any atom is -0.480 e. The zero-order valence-electron chi connectivity index (χ0n) is 13.4. The van der Waals surface area contributed by atoms with Crippen molar-refractivity contribution in [3.05, 3.63) is 29.8 Å². The van der Waals surface area contributed by atoms with Gasteiger partial charge in [-0.05, 0) is 19.1 Å². The molecule has 0 aliphatic carbocycles. The van der Waals surface area contributed by atoms with Crippen LogP contribution < -0.4 is 10.1 Å². The van der Waals surface area contributed by atoms with Crippen LogP contribution in [-0.4, -0.2) is 41.8 Å². The summed E-state index contributed by atoms with van der Waals surface area (Å²) in [4.78, 5) is 23.8. The van der Waals surface area contributed by atoms with Crippen molar-refractivity contribution in [2.45, 2.75) is 37.6 Å². The molecule has 0 saturated carbocycles. The zero-order valence-corrected chi connectivity index (χ0v) is 13.4. The van der Waals surface area contributed by atoms with Crippen molar-refractivity contribution in [3.8, 4) is 5.75 Å². The van der Waals surface area contributed by atoms with Gasteiger partial charge in [0.1, 0.15) is 11.3 Å². The highest BCUT2D eigenvalue weighted by Gasteiger charge is 2.43. The van der Waals surface area contributed by atoms with Gasteiger partial charge in [-0.15, -0.1) is 0 Å². The van der Waals surface area contributed by atoms with Gasteiger partial charge in [0.2, 0.25) is 0 Å². The smallest absolute Gasteiger partial charge is 0.419 e.